The van der Waals surface area contributed by atoms with Crippen molar-refractivity contribution in [1.29, 1.82) is 5.26 Å². The Morgan fingerprint density at radius 2 is 1.81 bits per heavy atom. The number of carboxylic acids is 1. The van der Waals surface area contributed by atoms with Crippen LogP contribution in [0.4, 0.5) is 0 Å². The van der Waals surface area contributed by atoms with Crippen molar-refractivity contribution in [2.45, 2.75) is 11.7 Å². The Labute approximate surface area is 162 Å². The van der Waals surface area contributed by atoms with Crippen molar-refractivity contribution in [1.82, 2.24) is 4.90 Å². The van der Waals surface area contributed by atoms with E-state index in [0.29, 0.717) is 23.6 Å². The third-order valence-corrected chi connectivity index (χ3v) is 5.78. The first kappa shape index (κ1) is 19.0. The summed E-state index contributed by atoms with van der Waals surface area (Å²) in [6.07, 6.45) is 0. The first-order chi connectivity index (χ1) is 13.1. The van der Waals surface area contributed by atoms with Crippen LogP contribution in [-0.4, -0.2) is 40.7 Å². The summed E-state index contributed by atoms with van der Waals surface area (Å²) in [5, 5.41) is 18.4. The third kappa shape index (κ3) is 4.69. The predicted molar refractivity (Wildman–Crippen MR) is 104 cm³/mol. The van der Waals surface area contributed by atoms with Gasteiger partial charge in [-0.2, -0.15) is 5.26 Å². The number of hydrogen-bond acceptors (Lipinski definition) is 4. The van der Waals surface area contributed by atoms with Crippen molar-refractivity contribution in [2.75, 3.05) is 18.8 Å². The van der Waals surface area contributed by atoms with E-state index in [4.69, 9.17) is 5.26 Å². The first-order valence-electron chi connectivity index (χ1n) is 8.71. The summed E-state index contributed by atoms with van der Waals surface area (Å²) in [6.45, 7) is 0.697. The summed E-state index contributed by atoms with van der Waals surface area (Å²) in [4.78, 5) is 25.9. The Morgan fingerprint density at radius 3 is 2.44 bits per heavy atom. The van der Waals surface area contributed by atoms with Crippen LogP contribution in [0.15, 0.2) is 54.6 Å². The van der Waals surface area contributed by atoms with Crippen LogP contribution >= 0.6 is 11.8 Å². The van der Waals surface area contributed by atoms with E-state index in [0.717, 1.165) is 11.1 Å². The lowest BCUT2D eigenvalue weighted by atomic mass is 9.89. The van der Waals surface area contributed by atoms with Gasteiger partial charge < -0.3 is 10.0 Å². The van der Waals surface area contributed by atoms with E-state index in [1.807, 2.05) is 42.5 Å². The zero-order valence-corrected chi connectivity index (χ0v) is 15.6. The monoisotopic (exact) mass is 380 g/mol. The summed E-state index contributed by atoms with van der Waals surface area (Å²) in [5.74, 6) is -0.636. The zero-order valence-electron chi connectivity index (χ0n) is 14.7. The highest BCUT2D eigenvalue weighted by molar-refractivity contribution is 7.99. The van der Waals surface area contributed by atoms with Crippen LogP contribution in [0.25, 0.3) is 0 Å². The standard InChI is InChI=1S/C21H20N2O3S/c22-10-15-6-8-16(9-7-15)13-27-14-20(24)23-11-18(19(12-23)21(25)26)17-4-2-1-3-5-17/h1-9,18-19H,11-14H2,(H,25,26). The van der Waals surface area contributed by atoms with Gasteiger partial charge >= 0.3 is 5.97 Å². The van der Waals surface area contributed by atoms with E-state index >= 15 is 0 Å². The second-order valence-corrected chi connectivity index (χ2v) is 7.55. The molecule has 2 aromatic carbocycles. The van der Waals surface area contributed by atoms with E-state index in [-0.39, 0.29) is 18.4 Å². The van der Waals surface area contributed by atoms with Gasteiger partial charge in [0.2, 0.25) is 5.91 Å². The molecule has 1 heterocycles. The van der Waals surface area contributed by atoms with E-state index in [2.05, 4.69) is 6.07 Å². The van der Waals surface area contributed by atoms with Crippen molar-refractivity contribution in [3.05, 3.63) is 71.3 Å². The largest absolute Gasteiger partial charge is 0.481 e. The van der Waals surface area contributed by atoms with E-state index in [1.165, 1.54) is 11.8 Å². The second-order valence-electron chi connectivity index (χ2n) is 6.56. The molecular formula is C21H20N2O3S. The highest BCUT2D eigenvalue weighted by atomic mass is 32.2. The van der Waals surface area contributed by atoms with Crippen LogP contribution in [-0.2, 0) is 15.3 Å². The molecule has 1 N–H and O–H groups in total. The molecule has 1 aliphatic heterocycles. The highest BCUT2D eigenvalue weighted by Crippen LogP contribution is 2.33. The zero-order chi connectivity index (χ0) is 19.2. The van der Waals surface area contributed by atoms with Crippen molar-refractivity contribution in [3.8, 4) is 6.07 Å². The number of benzene rings is 2. The summed E-state index contributed by atoms with van der Waals surface area (Å²) in [7, 11) is 0. The van der Waals surface area contributed by atoms with Crippen LogP contribution in [0, 0.1) is 17.2 Å². The topological polar surface area (TPSA) is 81.4 Å². The molecule has 2 aromatic rings. The fourth-order valence-electron chi connectivity index (χ4n) is 3.32. The molecule has 0 spiro atoms. The van der Waals surface area contributed by atoms with Gasteiger partial charge in [0.25, 0.3) is 0 Å². The van der Waals surface area contributed by atoms with Gasteiger partial charge in [-0.25, -0.2) is 0 Å². The van der Waals surface area contributed by atoms with Crippen LogP contribution in [0.1, 0.15) is 22.6 Å². The van der Waals surface area contributed by atoms with Gasteiger partial charge in [0.05, 0.1) is 23.3 Å². The fraction of sp³-hybridized carbons (Fsp3) is 0.286. The Morgan fingerprint density at radius 1 is 1.11 bits per heavy atom. The Hall–Kier alpha value is -2.78. The normalized spacial score (nSPS) is 18.9. The van der Waals surface area contributed by atoms with E-state index < -0.39 is 11.9 Å². The van der Waals surface area contributed by atoms with Gasteiger partial charge in [-0.15, -0.1) is 11.8 Å². The van der Waals surface area contributed by atoms with Crippen LogP contribution in [0.2, 0.25) is 0 Å². The summed E-state index contributed by atoms with van der Waals surface area (Å²) < 4.78 is 0. The lowest BCUT2D eigenvalue weighted by molar-refractivity contribution is -0.141. The number of nitrogens with zero attached hydrogens (tertiary/aromatic N) is 2. The summed E-state index contributed by atoms with van der Waals surface area (Å²) >= 11 is 1.50. The highest BCUT2D eigenvalue weighted by Gasteiger charge is 2.40. The number of nitriles is 1. The van der Waals surface area contributed by atoms with Crippen molar-refractivity contribution < 1.29 is 14.7 Å². The lowest BCUT2D eigenvalue weighted by Crippen LogP contribution is -2.31. The molecule has 0 saturated carbocycles. The molecule has 1 saturated heterocycles. The minimum absolute atomic E-state index is 0.0293. The Bertz CT molecular complexity index is 846. The van der Waals surface area contributed by atoms with E-state index in [9.17, 15) is 14.7 Å². The molecular weight excluding hydrogens is 360 g/mol. The fourth-order valence-corrected chi connectivity index (χ4v) is 4.21. The number of rotatable bonds is 6. The quantitative estimate of drug-likeness (QED) is 0.833. The molecule has 1 fully saturated rings. The predicted octanol–water partition coefficient (Wildman–Crippen LogP) is 3.12. The molecule has 2 unspecified atom stereocenters. The molecule has 5 nitrogen and oxygen atoms in total. The maximum atomic E-state index is 12.6. The average Bonchev–Trinajstić information content (AvgIpc) is 3.15. The molecule has 138 valence electrons. The SMILES string of the molecule is N#Cc1ccc(CSCC(=O)N2CC(C(=O)O)C(c3ccccc3)C2)cc1. The van der Waals surface area contributed by atoms with Crippen LogP contribution in [0.5, 0.6) is 0 Å². The molecule has 1 aliphatic rings. The first-order valence-corrected chi connectivity index (χ1v) is 9.86. The lowest BCUT2D eigenvalue weighted by Gasteiger charge is -2.16. The molecule has 0 aromatic heterocycles. The molecule has 0 bridgehead atoms. The van der Waals surface area contributed by atoms with Gasteiger partial charge in [-0.05, 0) is 23.3 Å². The van der Waals surface area contributed by atoms with E-state index in [1.54, 1.807) is 17.0 Å². The van der Waals surface area contributed by atoms with Gasteiger partial charge in [0.15, 0.2) is 0 Å². The molecule has 0 aliphatic carbocycles. The third-order valence-electron chi connectivity index (χ3n) is 4.79. The van der Waals surface area contributed by atoms with Crippen LogP contribution < -0.4 is 0 Å². The molecule has 1 amide bonds. The number of carbonyl (C=O) groups is 2. The molecule has 3 rings (SSSR count). The van der Waals surface area contributed by atoms with Crippen LogP contribution in [0.3, 0.4) is 0 Å². The summed E-state index contributed by atoms with van der Waals surface area (Å²) in [6, 6.07) is 18.9. The smallest absolute Gasteiger partial charge is 0.308 e. The number of thioether (sulfide) groups is 1. The summed E-state index contributed by atoms with van der Waals surface area (Å²) in [5.41, 5.74) is 2.63. The van der Waals surface area contributed by atoms with Gasteiger partial charge in [-0.1, -0.05) is 42.5 Å². The molecule has 0 radical (unpaired) electrons. The van der Waals surface area contributed by atoms with Crippen molar-refractivity contribution in [3.63, 3.8) is 0 Å². The number of carboxylic acid groups (broad SMARTS) is 1. The van der Waals surface area contributed by atoms with Gasteiger partial charge in [-0.3, -0.25) is 9.59 Å². The van der Waals surface area contributed by atoms with Gasteiger partial charge in [0, 0.05) is 24.8 Å². The Kier molecular flexibility index (Phi) is 6.15. The Balaban J connectivity index is 1.56. The van der Waals surface area contributed by atoms with Crippen molar-refractivity contribution in [2.24, 2.45) is 5.92 Å². The number of likely N-dealkylation sites (tertiary alicyclic amines) is 1. The minimum atomic E-state index is -0.857. The molecule has 2 atom stereocenters. The maximum absolute atomic E-state index is 12.6. The minimum Gasteiger partial charge on any atom is -0.481 e. The number of amides is 1. The number of carbonyl (C=O) groups excluding carboxylic acids is 1. The molecule has 27 heavy (non-hydrogen) atoms. The molecule has 6 heteroatoms. The average molecular weight is 380 g/mol. The van der Waals surface area contributed by atoms with Crippen molar-refractivity contribution >= 4 is 23.6 Å². The van der Waals surface area contributed by atoms with Gasteiger partial charge in [0.1, 0.15) is 0 Å². The second kappa shape index (κ2) is 8.74. The number of hydrogen-bond donors (Lipinski definition) is 1. The maximum Gasteiger partial charge on any atom is 0.308 e. The number of aliphatic carboxylic acids is 1.